The van der Waals surface area contributed by atoms with Crippen LogP contribution in [0.3, 0.4) is 0 Å². The normalized spacial score (nSPS) is 18.5. The SMILES string of the molecule is CCOC(=O)CCS(=O)(=O)NC1(C#N)CCCCC1. The van der Waals surface area contributed by atoms with Crippen molar-refractivity contribution in [3.63, 3.8) is 0 Å². The number of nitrogens with zero attached hydrogens (tertiary/aromatic N) is 1. The second-order valence-corrected chi connectivity index (χ2v) is 6.57. The highest BCUT2D eigenvalue weighted by Gasteiger charge is 2.36. The molecule has 0 unspecified atom stereocenters. The van der Waals surface area contributed by atoms with E-state index in [1.807, 2.05) is 0 Å². The third-order valence-electron chi connectivity index (χ3n) is 3.15. The van der Waals surface area contributed by atoms with E-state index >= 15 is 0 Å². The molecule has 1 fully saturated rings. The van der Waals surface area contributed by atoms with Gasteiger partial charge in [0.1, 0.15) is 5.54 Å². The summed E-state index contributed by atoms with van der Waals surface area (Å²) in [6.45, 7) is 1.89. The molecule has 0 saturated heterocycles. The summed E-state index contributed by atoms with van der Waals surface area (Å²) in [4.78, 5) is 11.2. The molecule has 0 amide bonds. The fraction of sp³-hybridized carbons (Fsp3) is 0.833. The van der Waals surface area contributed by atoms with Crippen molar-refractivity contribution in [1.29, 1.82) is 5.26 Å². The zero-order valence-corrected chi connectivity index (χ0v) is 12.0. The van der Waals surface area contributed by atoms with Gasteiger partial charge in [0.25, 0.3) is 0 Å². The highest BCUT2D eigenvalue weighted by molar-refractivity contribution is 7.89. The number of esters is 1. The Balaban J connectivity index is 2.58. The van der Waals surface area contributed by atoms with E-state index in [1.54, 1.807) is 6.92 Å². The summed E-state index contributed by atoms with van der Waals surface area (Å²) >= 11 is 0. The van der Waals surface area contributed by atoms with Crippen molar-refractivity contribution in [2.45, 2.75) is 51.0 Å². The van der Waals surface area contributed by atoms with Crippen LogP contribution in [0.15, 0.2) is 0 Å². The first-order valence-electron chi connectivity index (χ1n) is 6.51. The quantitative estimate of drug-likeness (QED) is 0.738. The van der Waals surface area contributed by atoms with E-state index in [9.17, 15) is 18.5 Å². The van der Waals surface area contributed by atoms with Crippen molar-refractivity contribution >= 4 is 16.0 Å². The minimum Gasteiger partial charge on any atom is -0.466 e. The molecule has 0 atom stereocenters. The summed E-state index contributed by atoms with van der Waals surface area (Å²) in [6.07, 6.45) is 3.57. The van der Waals surface area contributed by atoms with Crippen LogP contribution in [-0.2, 0) is 19.6 Å². The number of nitrogens with one attached hydrogen (secondary N) is 1. The van der Waals surface area contributed by atoms with Crippen LogP contribution in [0.25, 0.3) is 0 Å². The van der Waals surface area contributed by atoms with Crippen molar-refractivity contribution in [2.24, 2.45) is 0 Å². The predicted molar refractivity (Wildman–Crippen MR) is 69.6 cm³/mol. The van der Waals surface area contributed by atoms with Gasteiger partial charge in [0.05, 0.1) is 24.8 Å². The Labute approximate surface area is 114 Å². The van der Waals surface area contributed by atoms with E-state index in [0.717, 1.165) is 19.3 Å². The van der Waals surface area contributed by atoms with E-state index in [1.165, 1.54) is 0 Å². The summed E-state index contributed by atoms with van der Waals surface area (Å²) in [5, 5.41) is 9.20. The summed E-state index contributed by atoms with van der Waals surface area (Å²) in [7, 11) is -3.64. The molecule has 1 rings (SSSR count). The molecule has 1 N–H and O–H groups in total. The molecule has 0 heterocycles. The molecule has 0 spiro atoms. The molecule has 0 aliphatic heterocycles. The number of rotatable bonds is 6. The van der Waals surface area contributed by atoms with Crippen molar-refractivity contribution in [1.82, 2.24) is 4.72 Å². The summed E-state index contributed by atoms with van der Waals surface area (Å²) in [5.41, 5.74) is -0.994. The number of nitriles is 1. The minimum atomic E-state index is -3.64. The third kappa shape index (κ3) is 5.17. The molecule has 0 aromatic carbocycles. The molecule has 1 saturated carbocycles. The van der Waals surface area contributed by atoms with Crippen LogP contribution in [0.4, 0.5) is 0 Å². The average Bonchev–Trinajstić information content (AvgIpc) is 2.37. The summed E-state index contributed by atoms with van der Waals surface area (Å²) in [5.74, 6) is -0.877. The Morgan fingerprint density at radius 3 is 2.53 bits per heavy atom. The maximum Gasteiger partial charge on any atom is 0.306 e. The largest absolute Gasteiger partial charge is 0.466 e. The van der Waals surface area contributed by atoms with Gasteiger partial charge in [-0.2, -0.15) is 9.98 Å². The second kappa shape index (κ2) is 6.87. The first-order chi connectivity index (χ1) is 8.93. The highest BCUT2D eigenvalue weighted by Crippen LogP contribution is 2.28. The lowest BCUT2D eigenvalue weighted by Crippen LogP contribution is -2.49. The van der Waals surface area contributed by atoms with Crippen LogP contribution < -0.4 is 4.72 Å². The third-order valence-corrected chi connectivity index (χ3v) is 4.60. The van der Waals surface area contributed by atoms with Gasteiger partial charge in [0.15, 0.2) is 0 Å². The second-order valence-electron chi connectivity index (χ2n) is 4.73. The van der Waals surface area contributed by atoms with Crippen molar-refractivity contribution in [3.8, 4) is 6.07 Å². The fourth-order valence-corrected chi connectivity index (χ4v) is 3.57. The van der Waals surface area contributed by atoms with Crippen molar-refractivity contribution in [2.75, 3.05) is 12.4 Å². The van der Waals surface area contributed by atoms with E-state index in [4.69, 9.17) is 0 Å². The van der Waals surface area contributed by atoms with Gasteiger partial charge in [-0.1, -0.05) is 19.3 Å². The molecule has 6 nitrogen and oxygen atoms in total. The van der Waals surface area contributed by atoms with Gasteiger partial charge >= 0.3 is 5.97 Å². The Bertz CT molecular complexity index is 447. The Morgan fingerprint density at radius 1 is 1.37 bits per heavy atom. The van der Waals surface area contributed by atoms with Crippen LogP contribution in [-0.4, -0.2) is 32.3 Å². The molecule has 0 bridgehead atoms. The molecule has 0 radical (unpaired) electrons. The molecular formula is C12H20N2O4S. The van der Waals surface area contributed by atoms with Crippen molar-refractivity contribution < 1.29 is 17.9 Å². The molecule has 19 heavy (non-hydrogen) atoms. The number of hydrogen-bond acceptors (Lipinski definition) is 5. The maximum atomic E-state index is 11.9. The smallest absolute Gasteiger partial charge is 0.306 e. The van der Waals surface area contributed by atoms with Gasteiger partial charge in [0.2, 0.25) is 10.0 Å². The van der Waals surface area contributed by atoms with E-state index in [0.29, 0.717) is 12.8 Å². The molecule has 0 aromatic heterocycles. The van der Waals surface area contributed by atoms with E-state index < -0.39 is 21.5 Å². The van der Waals surface area contributed by atoms with Gasteiger partial charge in [-0.3, -0.25) is 4.79 Å². The maximum absolute atomic E-state index is 11.9. The van der Waals surface area contributed by atoms with Gasteiger partial charge in [0, 0.05) is 0 Å². The topological polar surface area (TPSA) is 96.3 Å². The van der Waals surface area contributed by atoms with Gasteiger partial charge in [-0.05, 0) is 19.8 Å². The van der Waals surface area contributed by atoms with Crippen LogP contribution in [0.5, 0.6) is 0 Å². The minimum absolute atomic E-state index is 0.190. The lowest BCUT2D eigenvalue weighted by atomic mass is 9.84. The van der Waals surface area contributed by atoms with Gasteiger partial charge < -0.3 is 4.74 Å². The molecular weight excluding hydrogens is 268 g/mol. The van der Waals surface area contributed by atoms with Crippen LogP contribution >= 0.6 is 0 Å². The summed E-state index contributed by atoms with van der Waals surface area (Å²) < 4.78 is 30.9. The highest BCUT2D eigenvalue weighted by atomic mass is 32.2. The number of ether oxygens (including phenoxy) is 1. The lowest BCUT2D eigenvalue weighted by molar-refractivity contribution is -0.142. The number of sulfonamides is 1. The first-order valence-corrected chi connectivity index (χ1v) is 8.17. The first kappa shape index (κ1) is 15.9. The molecule has 1 aliphatic carbocycles. The van der Waals surface area contributed by atoms with Crippen molar-refractivity contribution in [3.05, 3.63) is 0 Å². The molecule has 7 heteroatoms. The number of carbonyl (C=O) groups excluding carboxylic acids is 1. The summed E-state index contributed by atoms with van der Waals surface area (Å²) in [6, 6.07) is 2.08. The lowest BCUT2D eigenvalue weighted by Gasteiger charge is -2.31. The zero-order valence-electron chi connectivity index (χ0n) is 11.1. The van der Waals surface area contributed by atoms with E-state index in [2.05, 4.69) is 15.5 Å². The van der Waals surface area contributed by atoms with E-state index in [-0.39, 0.29) is 18.8 Å². The average molecular weight is 288 g/mol. The molecule has 108 valence electrons. The number of hydrogen-bond donors (Lipinski definition) is 1. The van der Waals surface area contributed by atoms with Crippen LogP contribution in [0.2, 0.25) is 0 Å². The standard InChI is InChI=1S/C12H20N2O4S/c1-2-18-11(15)6-9-19(16,17)14-12(10-13)7-4-3-5-8-12/h14H,2-9H2,1H3. The zero-order chi connectivity index (χ0) is 14.4. The Morgan fingerprint density at radius 2 is 2.00 bits per heavy atom. The number of carbonyl (C=O) groups is 1. The predicted octanol–water partition coefficient (Wildman–Crippen LogP) is 1.09. The molecule has 1 aliphatic rings. The Kier molecular flexibility index (Phi) is 5.76. The van der Waals surface area contributed by atoms with Crippen LogP contribution in [0.1, 0.15) is 45.4 Å². The monoisotopic (exact) mass is 288 g/mol. The van der Waals surface area contributed by atoms with Gasteiger partial charge in [-0.15, -0.1) is 0 Å². The fourth-order valence-electron chi connectivity index (χ4n) is 2.19. The van der Waals surface area contributed by atoms with Crippen LogP contribution in [0, 0.1) is 11.3 Å². The Hall–Kier alpha value is -1.13. The molecule has 0 aromatic rings. The van der Waals surface area contributed by atoms with Gasteiger partial charge in [-0.25, -0.2) is 8.42 Å².